The first kappa shape index (κ1) is 16.9. The molecule has 4 aromatic rings. The van der Waals surface area contributed by atoms with Gasteiger partial charge in [-0.3, -0.25) is 0 Å². The second-order valence-corrected chi connectivity index (χ2v) is 6.99. The molecular weight excluding hydrogens is 367 g/mol. The number of fused-ring (bicyclic) bond motifs is 1. The molecule has 0 aliphatic carbocycles. The van der Waals surface area contributed by atoms with Crippen molar-refractivity contribution >= 4 is 40.4 Å². The second kappa shape index (κ2) is 6.63. The third-order valence-corrected chi connectivity index (χ3v) is 4.61. The summed E-state index contributed by atoms with van der Waals surface area (Å²) < 4.78 is 1.83. The fourth-order valence-electron chi connectivity index (χ4n) is 3.00. The zero-order valence-corrected chi connectivity index (χ0v) is 15.8. The van der Waals surface area contributed by atoms with Gasteiger partial charge in [0.2, 0.25) is 0 Å². The van der Waals surface area contributed by atoms with Crippen molar-refractivity contribution in [2.45, 2.75) is 13.8 Å². The van der Waals surface area contributed by atoms with Crippen LogP contribution in [0.25, 0.3) is 16.8 Å². The molecule has 130 valence electrons. The van der Waals surface area contributed by atoms with E-state index in [1.165, 1.54) is 0 Å². The number of aryl methyl sites for hydroxylation is 2. The smallest absolute Gasteiger partial charge is 0.165 e. The van der Waals surface area contributed by atoms with Crippen LogP contribution in [0.1, 0.15) is 11.4 Å². The Bertz CT molecular complexity index is 1100. The highest BCUT2D eigenvalue weighted by Gasteiger charge is 2.16. The van der Waals surface area contributed by atoms with Gasteiger partial charge in [-0.2, -0.15) is 9.61 Å². The highest BCUT2D eigenvalue weighted by molar-refractivity contribution is 6.31. The first-order valence-electron chi connectivity index (χ1n) is 8.17. The fourth-order valence-corrected chi connectivity index (χ4v) is 3.32. The molecule has 0 unspecified atom stereocenters. The van der Waals surface area contributed by atoms with Gasteiger partial charge in [-0.1, -0.05) is 41.4 Å². The van der Waals surface area contributed by atoms with Gasteiger partial charge in [-0.25, -0.2) is 4.98 Å². The van der Waals surface area contributed by atoms with Crippen LogP contribution in [0.2, 0.25) is 10.0 Å². The van der Waals surface area contributed by atoms with Gasteiger partial charge >= 0.3 is 0 Å². The van der Waals surface area contributed by atoms with Gasteiger partial charge in [-0.05, 0) is 49.7 Å². The Morgan fingerprint density at radius 1 is 0.923 bits per heavy atom. The average Bonchev–Trinajstić information content (AvgIpc) is 2.92. The van der Waals surface area contributed by atoms with Crippen molar-refractivity contribution in [3.63, 3.8) is 0 Å². The molecule has 0 radical (unpaired) electrons. The van der Waals surface area contributed by atoms with Crippen LogP contribution in [0.15, 0.2) is 54.6 Å². The molecule has 0 saturated carbocycles. The van der Waals surface area contributed by atoms with Crippen LogP contribution in [0, 0.1) is 13.8 Å². The Morgan fingerprint density at radius 2 is 1.69 bits per heavy atom. The van der Waals surface area contributed by atoms with Crippen molar-refractivity contribution in [3.05, 3.63) is 76.0 Å². The van der Waals surface area contributed by atoms with E-state index in [1.54, 1.807) is 0 Å². The molecule has 26 heavy (non-hydrogen) atoms. The topological polar surface area (TPSA) is 42.2 Å². The highest BCUT2D eigenvalue weighted by Crippen LogP contribution is 2.31. The first-order valence-corrected chi connectivity index (χ1v) is 8.92. The van der Waals surface area contributed by atoms with Gasteiger partial charge in [0.05, 0.1) is 5.69 Å². The number of anilines is 2. The van der Waals surface area contributed by atoms with Gasteiger partial charge in [-0.15, -0.1) is 0 Å². The molecule has 0 spiro atoms. The van der Waals surface area contributed by atoms with Crippen LogP contribution in [0.4, 0.5) is 11.5 Å². The molecule has 0 aliphatic heterocycles. The van der Waals surface area contributed by atoms with Gasteiger partial charge in [0.15, 0.2) is 5.65 Å². The predicted molar refractivity (Wildman–Crippen MR) is 108 cm³/mol. The van der Waals surface area contributed by atoms with Gasteiger partial charge in [0, 0.05) is 33.1 Å². The van der Waals surface area contributed by atoms with Gasteiger partial charge in [0.1, 0.15) is 5.82 Å². The lowest BCUT2D eigenvalue weighted by molar-refractivity contribution is 0.917. The summed E-state index contributed by atoms with van der Waals surface area (Å²) in [5.74, 6) is 0.832. The summed E-state index contributed by atoms with van der Waals surface area (Å²) in [6, 6.07) is 17.3. The van der Waals surface area contributed by atoms with Crippen LogP contribution in [-0.4, -0.2) is 14.6 Å². The molecular formula is C20H16Cl2N4. The Kier molecular flexibility index (Phi) is 4.31. The number of hydrogen-bond donors (Lipinski definition) is 1. The summed E-state index contributed by atoms with van der Waals surface area (Å²) in [5, 5.41) is 9.46. The summed E-state index contributed by atoms with van der Waals surface area (Å²) in [6.45, 7) is 3.95. The molecule has 0 aliphatic rings. The summed E-state index contributed by atoms with van der Waals surface area (Å²) in [4.78, 5) is 4.72. The van der Waals surface area contributed by atoms with Crippen molar-refractivity contribution in [1.29, 1.82) is 0 Å². The van der Waals surface area contributed by atoms with E-state index in [2.05, 4.69) is 5.32 Å². The van der Waals surface area contributed by atoms with Crippen molar-refractivity contribution in [2.75, 3.05) is 5.32 Å². The number of nitrogens with one attached hydrogen (secondary N) is 1. The van der Waals surface area contributed by atoms with E-state index in [9.17, 15) is 0 Å². The zero-order chi connectivity index (χ0) is 18.3. The minimum absolute atomic E-state index is 0.676. The third-order valence-electron chi connectivity index (χ3n) is 4.12. The van der Waals surface area contributed by atoms with Crippen LogP contribution >= 0.6 is 23.2 Å². The molecule has 0 amide bonds. The Morgan fingerprint density at radius 3 is 2.42 bits per heavy atom. The van der Waals surface area contributed by atoms with Crippen molar-refractivity contribution in [1.82, 2.24) is 14.6 Å². The molecule has 6 heteroatoms. The fraction of sp³-hybridized carbons (Fsp3) is 0.100. The number of halogens is 2. The Labute approximate surface area is 161 Å². The Balaban J connectivity index is 1.88. The molecule has 0 fully saturated rings. The van der Waals surface area contributed by atoms with Crippen LogP contribution in [-0.2, 0) is 0 Å². The minimum Gasteiger partial charge on any atom is -0.340 e. The standard InChI is InChI=1S/C20H16Cl2N4/c1-12-10-18(24-17-5-3-4-16(22)11-17)26-20(23-12)19(13(2)25-26)14-6-8-15(21)9-7-14/h3-11,24H,1-2H3. The van der Waals surface area contributed by atoms with E-state index in [0.717, 1.165) is 39.7 Å². The predicted octanol–water partition coefficient (Wildman–Crippen LogP) is 6.06. The maximum absolute atomic E-state index is 6.10. The van der Waals surface area contributed by atoms with E-state index < -0.39 is 0 Å². The number of benzene rings is 2. The monoisotopic (exact) mass is 382 g/mol. The third kappa shape index (κ3) is 3.14. The molecule has 2 aromatic heterocycles. The molecule has 0 bridgehead atoms. The molecule has 2 aromatic carbocycles. The number of aromatic nitrogens is 3. The first-order chi connectivity index (χ1) is 12.5. The lowest BCUT2D eigenvalue weighted by atomic mass is 10.1. The average molecular weight is 383 g/mol. The highest BCUT2D eigenvalue weighted by atomic mass is 35.5. The van der Waals surface area contributed by atoms with Gasteiger partial charge < -0.3 is 5.32 Å². The number of nitrogens with zero attached hydrogens (tertiary/aromatic N) is 3. The molecule has 0 saturated heterocycles. The molecule has 0 atom stereocenters. The van der Waals surface area contributed by atoms with E-state index >= 15 is 0 Å². The summed E-state index contributed by atoms with van der Waals surface area (Å²) in [7, 11) is 0. The van der Waals surface area contributed by atoms with Crippen LogP contribution in [0.3, 0.4) is 0 Å². The molecule has 4 nitrogen and oxygen atoms in total. The van der Waals surface area contributed by atoms with E-state index in [4.69, 9.17) is 33.3 Å². The van der Waals surface area contributed by atoms with Crippen molar-refractivity contribution in [2.24, 2.45) is 0 Å². The summed E-state index contributed by atoms with van der Waals surface area (Å²) in [6.07, 6.45) is 0. The van der Waals surface area contributed by atoms with Gasteiger partial charge in [0.25, 0.3) is 0 Å². The molecule has 2 heterocycles. The number of hydrogen-bond acceptors (Lipinski definition) is 3. The van der Waals surface area contributed by atoms with Crippen molar-refractivity contribution in [3.8, 4) is 11.1 Å². The van der Waals surface area contributed by atoms with E-state index in [-0.39, 0.29) is 0 Å². The lowest BCUT2D eigenvalue weighted by Crippen LogP contribution is -2.02. The zero-order valence-electron chi connectivity index (χ0n) is 14.3. The molecule has 1 N–H and O–H groups in total. The second-order valence-electron chi connectivity index (χ2n) is 6.12. The van der Waals surface area contributed by atoms with Crippen LogP contribution < -0.4 is 5.32 Å². The molecule has 4 rings (SSSR count). The summed E-state index contributed by atoms with van der Waals surface area (Å²) in [5.41, 5.74) is 5.53. The normalized spacial score (nSPS) is 11.1. The van der Waals surface area contributed by atoms with Crippen molar-refractivity contribution < 1.29 is 0 Å². The number of rotatable bonds is 3. The maximum Gasteiger partial charge on any atom is 0.165 e. The largest absolute Gasteiger partial charge is 0.340 e. The quantitative estimate of drug-likeness (QED) is 0.467. The summed E-state index contributed by atoms with van der Waals surface area (Å²) >= 11 is 12.1. The SMILES string of the molecule is Cc1cc(Nc2cccc(Cl)c2)n2nc(C)c(-c3ccc(Cl)cc3)c2n1. The lowest BCUT2D eigenvalue weighted by Gasteiger charge is -2.10. The van der Waals surface area contributed by atoms with Crippen LogP contribution in [0.5, 0.6) is 0 Å². The van der Waals surface area contributed by atoms with E-state index in [0.29, 0.717) is 10.0 Å². The Hall–Kier alpha value is -2.56. The van der Waals surface area contributed by atoms with E-state index in [1.807, 2.05) is 73.0 Å². The minimum atomic E-state index is 0.676. The maximum atomic E-state index is 6.10.